The normalized spacial score (nSPS) is 14.7. The van der Waals surface area contributed by atoms with Crippen LogP contribution in [-0.4, -0.2) is 19.0 Å². The van der Waals surface area contributed by atoms with E-state index in [4.69, 9.17) is 0 Å². The van der Waals surface area contributed by atoms with Gasteiger partial charge in [0.1, 0.15) is 5.82 Å². The molecule has 2 aromatic rings. The van der Waals surface area contributed by atoms with Gasteiger partial charge in [0, 0.05) is 24.4 Å². The summed E-state index contributed by atoms with van der Waals surface area (Å²) in [7, 11) is 0. The number of piperidine rings is 1. The molecule has 1 saturated heterocycles. The SMILES string of the molecule is O=C(CCc1cccs1)Nc1cc(F)ccc1N1CCCCC1. The predicted octanol–water partition coefficient (Wildman–Crippen LogP) is 4.45. The summed E-state index contributed by atoms with van der Waals surface area (Å²) >= 11 is 1.65. The third kappa shape index (κ3) is 4.32. The van der Waals surface area contributed by atoms with Crippen molar-refractivity contribution >= 4 is 28.6 Å². The average Bonchev–Trinajstić information content (AvgIpc) is 3.07. The Morgan fingerprint density at radius 3 is 2.78 bits per heavy atom. The van der Waals surface area contributed by atoms with Gasteiger partial charge in [-0.05, 0) is 55.3 Å². The minimum Gasteiger partial charge on any atom is -0.370 e. The lowest BCUT2D eigenvalue weighted by Gasteiger charge is -2.30. The number of hydrogen-bond donors (Lipinski definition) is 1. The van der Waals surface area contributed by atoms with E-state index >= 15 is 0 Å². The van der Waals surface area contributed by atoms with Gasteiger partial charge in [-0.15, -0.1) is 11.3 Å². The van der Waals surface area contributed by atoms with Gasteiger partial charge < -0.3 is 10.2 Å². The minimum absolute atomic E-state index is 0.0674. The molecule has 3 rings (SSSR count). The fourth-order valence-corrected chi connectivity index (χ4v) is 3.63. The molecule has 0 bridgehead atoms. The van der Waals surface area contributed by atoms with Crippen LogP contribution in [0, 0.1) is 5.82 Å². The van der Waals surface area contributed by atoms with Gasteiger partial charge in [0.15, 0.2) is 0 Å². The lowest BCUT2D eigenvalue weighted by atomic mass is 10.1. The summed E-state index contributed by atoms with van der Waals surface area (Å²) in [6.45, 7) is 1.92. The Bertz CT molecular complexity index is 651. The number of benzene rings is 1. The van der Waals surface area contributed by atoms with Crippen LogP contribution in [0.3, 0.4) is 0 Å². The minimum atomic E-state index is -0.320. The first-order chi connectivity index (χ1) is 11.2. The first-order valence-corrected chi connectivity index (χ1v) is 8.97. The Morgan fingerprint density at radius 2 is 2.04 bits per heavy atom. The zero-order valence-corrected chi connectivity index (χ0v) is 13.9. The van der Waals surface area contributed by atoms with Crippen molar-refractivity contribution in [2.24, 2.45) is 0 Å². The molecule has 5 heteroatoms. The zero-order valence-electron chi connectivity index (χ0n) is 13.1. The molecule has 1 aromatic carbocycles. The van der Waals surface area contributed by atoms with Crippen molar-refractivity contribution < 1.29 is 9.18 Å². The first-order valence-electron chi connectivity index (χ1n) is 8.09. The number of aryl methyl sites for hydroxylation is 1. The lowest BCUT2D eigenvalue weighted by molar-refractivity contribution is -0.116. The molecule has 0 unspecified atom stereocenters. The maximum atomic E-state index is 13.6. The van der Waals surface area contributed by atoms with Crippen molar-refractivity contribution in [2.45, 2.75) is 32.1 Å². The van der Waals surface area contributed by atoms with E-state index in [9.17, 15) is 9.18 Å². The smallest absolute Gasteiger partial charge is 0.224 e. The molecule has 1 N–H and O–H groups in total. The fraction of sp³-hybridized carbons (Fsp3) is 0.389. The van der Waals surface area contributed by atoms with E-state index in [0.29, 0.717) is 12.1 Å². The van der Waals surface area contributed by atoms with Gasteiger partial charge in [-0.25, -0.2) is 4.39 Å². The number of amides is 1. The highest BCUT2D eigenvalue weighted by Crippen LogP contribution is 2.29. The van der Waals surface area contributed by atoms with Crippen molar-refractivity contribution in [1.82, 2.24) is 0 Å². The predicted molar refractivity (Wildman–Crippen MR) is 93.7 cm³/mol. The number of carbonyl (C=O) groups excluding carboxylic acids is 1. The average molecular weight is 332 g/mol. The molecule has 0 saturated carbocycles. The topological polar surface area (TPSA) is 32.3 Å². The monoisotopic (exact) mass is 332 g/mol. The quantitative estimate of drug-likeness (QED) is 0.877. The maximum Gasteiger partial charge on any atom is 0.224 e. The summed E-state index contributed by atoms with van der Waals surface area (Å²) in [5.41, 5.74) is 1.51. The van der Waals surface area contributed by atoms with Gasteiger partial charge in [-0.2, -0.15) is 0 Å². The van der Waals surface area contributed by atoms with Gasteiger partial charge in [-0.3, -0.25) is 4.79 Å². The summed E-state index contributed by atoms with van der Waals surface area (Å²) in [4.78, 5) is 15.6. The molecule has 1 amide bonds. The van der Waals surface area contributed by atoms with Crippen molar-refractivity contribution in [3.8, 4) is 0 Å². The molecular formula is C18H21FN2OS. The summed E-state index contributed by atoms with van der Waals surface area (Å²) < 4.78 is 13.6. The van der Waals surface area contributed by atoms with Crippen molar-refractivity contribution in [3.05, 3.63) is 46.4 Å². The standard InChI is InChI=1S/C18H21FN2OS/c19-14-6-8-17(21-10-2-1-3-11-21)16(13-14)20-18(22)9-7-15-5-4-12-23-15/h4-6,8,12-13H,1-3,7,9-11H2,(H,20,22). The van der Waals surface area contributed by atoms with E-state index < -0.39 is 0 Å². The van der Waals surface area contributed by atoms with Crippen LogP contribution in [0.15, 0.2) is 35.7 Å². The third-order valence-electron chi connectivity index (χ3n) is 4.11. The van der Waals surface area contributed by atoms with Gasteiger partial charge in [0.2, 0.25) is 5.91 Å². The third-order valence-corrected chi connectivity index (χ3v) is 5.04. The molecule has 0 radical (unpaired) electrons. The Kier molecular flexibility index (Phi) is 5.28. The van der Waals surface area contributed by atoms with Crippen LogP contribution in [0.5, 0.6) is 0 Å². The van der Waals surface area contributed by atoms with Crippen LogP contribution in [0.2, 0.25) is 0 Å². The molecule has 0 aliphatic carbocycles. The summed E-state index contributed by atoms with van der Waals surface area (Å²) in [6.07, 6.45) is 4.65. The van der Waals surface area contributed by atoms with Gasteiger partial charge in [0.05, 0.1) is 11.4 Å². The van der Waals surface area contributed by atoms with E-state index in [-0.39, 0.29) is 11.7 Å². The number of halogens is 1. The van der Waals surface area contributed by atoms with Gasteiger partial charge in [0.25, 0.3) is 0 Å². The second-order valence-electron chi connectivity index (χ2n) is 5.84. The van der Waals surface area contributed by atoms with E-state index in [0.717, 1.165) is 38.0 Å². The highest BCUT2D eigenvalue weighted by molar-refractivity contribution is 7.09. The second-order valence-corrected chi connectivity index (χ2v) is 6.87. The van der Waals surface area contributed by atoms with Crippen molar-refractivity contribution in [1.29, 1.82) is 0 Å². The summed E-state index contributed by atoms with van der Waals surface area (Å²) in [5.74, 6) is -0.387. The number of carbonyl (C=O) groups is 1. The first kappa shape index (κ1) is 16.0. The zero-order chi connectivity index (χ0) is 16.1. The molecule has 23 heavy (non-hydrogen) atoms. The van der Waals surface area contributed by atoms with Crippen LogP contribution in [-0.2, 0) is 11.2 Å². The Balaban J connectivity index is 1.67. The molecule has 1 aliphatic heterocycles. The highest BCUT2D eigenvalue weighted by atomic mass is 32.1. The van der Waals surface area contributed by atoms with E-state index in [1.807, 2.05) is 17.5 Å². The Morgan fingerprint density at radius 1 is 1.22 bits per heavy atom. The molecule has 2 heterocycles. The summed E-state index contributed by atoms with van der Waals surface area (Å²) in [5, 5.41) is 4.90. The second kappa shape index (κ2) is 7.59. The number of rotatable bonds is 5. The molecule has 3 nitrogen and oxygen atoms in total. The van der Waals surface area contributed by atoms with Crippen LogP contribution >= 0.6 is 11.3 Å². The molecule has 1 aliphatic rings. The number of anilines is 2. The number of nitrogens with one attached hydrogen (secondary N) is 1. The van der Waals surface area contributed by atoms with E-state index in [1.54, 1.807) is 17.4 Å². The van der Waals surface area contributed by atoms with Gasteiger partial charge >= 0.3 is 0 Å². The molecule has 0 spiro atoms. The molecule has 0 atom stereocenters. The molecular weight excluding hydrogens is 311 g/mol. The van der Waals surface area contributed by atoms with Crippen molar-refractivity contribution in [2.75, 3.05) is 23.3 Å². The molecule has 122 valence electrons. The maximum absolute atomic E-state index is 13.6. The van der Waals surface area contributed by atoms with E-state index in [1.165, 1.54) is 23.4 Å². The van der Waals surface area contributed by atoms with Crippen LogP contribution in [0.4, 0.5) is 15.8 Å². The van der Waals surface area contributed by atoms with Crippen LogP contribution in [0.1, 0.15) is 30.6 Å². The van der Waals surface area contributed by atoms with Crippen molar-refractivity contribution in [3.63, 3.8) is 0 Å². The Hall–Kier alpha value is -1.88. The molecule has 1 aromatic heterocycles. The van der Waals surface area contributed by atoms with E-state index in [2.05, 4.69) is 10.2 Å². The Labute approximate surface area is 140 Å². The summed E-state index contributed by atoms with van der Waals surface area (Å²) in [6, 6.07) is 8.67. The highest BCUT2D eigenvalue weighted by Gasteiger charge is 2.16. The number of nitrogens with zero attached hydrogens (tertiary/aromatic N) is 1. The van der Waals surface area contributed by atoms with Crippen LogP contribution in [0.25, 0.3) is 0 Å². The number of thiophene rings is 1. The fourth-order valence-electron chi connectivity index (χ4n) is 2.92. The van der Waals surface area contributed by atoms with Gasteiger partial charge in [-0.1, -0.05) is 6.07 Å². The lowest BCUT2D eigenvalue weighted by Crippen LogP contribution is -2.30. The number of hydrogen-bond acceptors (Lipinski definition) is 3. The molecule has 1 fully saturated rings. The largest absolute Gasteiger partial charge is 0.370 e. The van der Waals surface area contributed by atoms with Crippen LogP contribution < -0.4 is 10.2 Å².